The van der Waals surface area contributed by atoms with Gasteiger partial charge in [0.25, 0.3) is 12.3 Å². The summed E-state index contributed by atoms with van der Waals surface area (Å²) in [5, 5.41) is 5.32. The van der Waals surface area contributed by atoms with Gasteiger partial charge < -0.3 is 4.90 Å². The number of nitrogens with zero attached hydrogens (tertiary/aromatic N) is 6. The first-order valence-electron chi connectivity index (χ1n) is 10.1. The van der Waals surface area contributed by atoms with Crippen LogP contribution >= 0.6 is 0 Å². The van der Waals surface area contributed by atoms with E-state index in [0.29, 0.717) is 17.2 Å². The van der Waals surface area contributed by atoms with E-state index >= 15 is 0 Å². The lowest BCUT2D eigenvalue weighted by Gasteiger charge is -2.28. The van der Waals surface area contributed by atoms with E-state index in [1.54, 1.807) is 12.3 Å². The number of aromatic nitrogens is 4. The smallest absolute Gasteiger partial charge is 0.271 e. The van der Waals surface area contributed by atoms with Gasteiger partial charge in [0.2, 0.25) is 0 Å². The Hall–Kier alpha value is -3.21. The van der Waals surface area contributed by atoms with Crippen LogP contribution in [-0.2, 0) is 6.42 Å². The van der Waals surface area contributed by atoms with Crippen molar-refractivity contribution in [1.82, 2.24) is 30.0 Å². The Morgan fingerprint density at radius 1 is 1.26 bits per heavy atom. The molecule has 0 aliphatic carbocycles. The molecule has 0 radical (unpaired) electrons. The topological polar surface area (TPSA) is 78.7 Å². The van der Waals surface area contributed by atoms with Crippen LogP contribution in [-0.4, -0.2) is 56.6 Å². The highest BCUT2D eigenvalue weighted by Crippen LogP contribution is 2.37. The molecule has 0 unspecified atom stereocenters. The van der Waals surface area contributed by atoms with Crippen LogP contribution in [0.4, 0.5) is 19.0 Å². The normalized spacial score (nSPS) is 19.7. The van der Waals surface area contributed by atoms with Gasteiger partial charge in [0.1, 0.15) is 17.2 Å². The van der Waals surface area contributed by atoms with Gasteiger partial charge in [0.15, 0.2) is 5.65 Å². The van der Waals surface area contributed by atoms with Crippen LogP contribution in [0.25, 0.3) is 5.65 Å². The number of hydrazine groups is 1. The molecule has 11 heteroatoms. The molecule has 8 nitrogen and oxygen atoms in total. The van der Waals surface area contributed by atoms with Crippen LogP contribution in [0.15, 0.2) is 30.7 Å². The second kappa shape index (κ2) is 7.80. The first kappa shape index (κ1) is 19.7. The lowest BCUT2D eigenvalue weighted by Crippen LogP contribution is -2.45. The summed E-state index contributed by atoms with van der Waals surface area (Å²) in [6.45, 7) is 0.177. The molecule has 1 atom stereocenters. The molecule has 1 fully saturated rings. The summed E-state index contributed by atoms with van der Waals surface area (Å²) in [5.41, 5.74) is 4.40. The molecule has 162 valence electrons. The number of anilines is 1. The van der Waals surface area contributed by atoms with Crippen LogP contribution in [0, 0.1) is 5.82 Å². The Morgan fingerprint density at radius 3 is 2.97 bits per heavy atom. The average molecular weight is 431 g/mol. The Bertz CT molecular complexity index is 1140. The second-order valence-corrected chi connectivity index (χ2v) is 7.68. The first-order chi connectivity index (χ1) is 15.0. The van der Waals surface area contributed by atoms with E-state index in [4.69, 9.17) is 0 Å². The molecule has 2 aliphatic rings. The number of hydrogen-bond donors (Lipinski definition) is 1. The zero-order valence-electron chi connectivity index (χ0n) is 16.5. The third-order valence-corrected chi connectivity index (χ3v) is 5.71. The summed E-state index contributed by atoms with van der Waals surface area (Å²) in [7, 11) is 0. The average Bonchev–Trinajstić information content (AvgIpc) is 3.38. The van der Waals surface area contributed by atoms with Crippen LogP contribution in [0.5, 0.6) is 0 Å². The van der Waals surface area contributed by atoms with Gasteiger partial charge in [-0.3, -0.25) is 15.2 Å². The SMILES string of the molecule is O=C1NN(CC(F)F)CCc2ncc(F)cc2[C@H]2CCCN2c2ccn3ncc1c3n2. The Balaban J connectivity index is 1.65. The van der Waals surface area contributed by atoms with Crippen molar-refractivity contribution in [3.63, 3.8) is 0 Å². The fourth-order valence-corrected chi connectivity index (χ4v) is 4.33. The van der Waals surface area contributed by atoms with Gasteiger partial charge in [-0.2, -0.15) is 5.10 Å². The summed E-state index contributed by atoms with van der Waals surface area (Å²) in [6, 6.07) is 3.12. The molecule has 1 amide bonds. The largest absolute Gasteiger partial charge is 0.349 e. The zero-order chi connectivity index (χ0) is 21.5. The van der Waals surface area contributed by atoms with E-state index in [9.17, 15) is 18.0 Å². The van der Waals surface area contributed by atoms with Crippen molar-refractivity contribution in [2.45, 2.75) is 31.7 Å². The molecule has 0 aromatic carbocycles. The number of nitrogens with one attached hydrogen (secondary N) is 1. The third-order valence-electron chi connectivity index (χ3n) is 5.71. The zero-order valence-corrected chi connectivity index (χ0v) is 16.5. The molecule has 2 aliphatic heterocycles. The Morgan fingerprint density at radius 2 is 2.13 bits per heavy atom. The first-order valence-corrected chi connectivity index (χ1v) is 10.1. The molecule has 31 heavy (non-hydrogen) atoms. The predicted octanol–water partition coefficient (Wildman–Crippen LogP) is 2.37. The summed E-state index contributed by atoms with van der Waals surface area (Å²) in [4.78, 5) is 23.8. The number of rotatable bonds is 2. The van der Waals surface area contributed by atoms with Gasteiger partial charge in [-0.1, -0.05) is 0 Å². The number of halogens is 3. The number of hydrogen-bond acceptors (Lipinski definition) is 6. The van der Waals surface area contributed by atoms with E-state index in [-0.39, 0.29) is 24.6 Å². The van der Waals surface area contributed by atoms with E-state index in [0.717, 1.165) is 31.1 Å². The van der Waals surface area contributed by atoms with Gasteiger partial charge in [0, 0.05) is 31.4 Å². The van der Waals surface area contributed by atoms with Crippen LogP contribution in [0.1, 0.15) is 40.5 Å². The van der Waals surface area contributed by atoms with Gasteiger partial charge >= 0.3 is 0 Å². The third kappa shape index (κ3) is 3.69. The van der Waals surface area contributed by atoms with Crippen LogP contribution in [0.3, 0.4) is 0 Å². The fraction of sp³-hybridized carbons (Fsp3) is 0.400. The number of carbonyl (C=O) groups is 1. The summed E-state index contributed by atoms with van der Waals surface area (Å²) >= 11 is 0. The van der Waals surface area contributed by atoms with Gasteiger partial charge in [-0.15, -0.1) is 0 Å². The Labute approximate surface area is 175 Å². The molecule has 3 aromatic rings. The van der Waals surface area contributed by atoms with Gasteiger partial charge in [0.05, 0.1) is 25.0 Å². The van der Waals surface area contributed by atoms with Crippen molar-refractivity contribution < 1.29 is 18.0 Å². The van der Waals surface area contributed by atoms with Crippen molar-refractivity contribution >= 4 is 17.4 Å². The molecule has 2 bridgehead atoms. The molecular formula is C20H20F3N7O. The number of amides is 1. The van der Waals surface area contributed by atoms with E-state index < -0.39 is 24.7 Å². The predicted molar refractivity (Wildman–Crippen MR) is 105 cm³/mol. The monoisotopic (exact) mass is 431 g/mol. The van der Waals surface area contributed by atoms with E-state index in [1.807, 2.05) is 0 Å². The van der Waals surface area contributed by atoms with Crippen molar-refractivity contribution in [3.8, 4) is 0 Å². The van der Waals surface area contributed by atoms with Crippen molar-refractivity contribution in [3.05, 3.63) is 53.4 Å². The Kier molecular flexibility index (Phi) is 4.97. The number of alkyl halides is 2. The standard InChI is InChI=1S/C20H20F3N7O/c21-12-8-13-15(24-9-12)3-6-28(11-17(22)23)27-20(31)14-10-25-30-7-4-18(26-19(14)30)29-5-1-2-16(13)29/h4,7-10,16-17H,1-3,5-6,11H2,(H,27,31)/t16-/m1/s1. The minimum absolute atomic E-state index is 0.101. The summed E-state index contributed by atoms with van der Waals surface area (Å²) < 4.78 is 41.9. The molecule has 1 saturated heterocycles. The lowest BCUT2D eigenvalue weighted by molar-refractivity contribution is 0.0507. The maximum Gasteiger partial charge on any atom is 0.271 e. The number of pyridine rings is 1. The molecule has 1 N–H and O–H groups in total. The van der Waals surface area contributed by atoms with E-state index in [2.05, 4.69) is 25.4 Å². The molecule has 0 spiro atoms. The number of fused-ring (bicyclic) bond motifs is 5. The highest BCUT2D eigenvalue weighted by molar-refractivity contribution is 5.99. The van der Waals surface area contributed by atoms with Crippen molar-refractivity contribution in [2.75, 3.05) is 24.5 Å². The minimum Gasteiger partial charge on any atom is -0.349 e. The van der Waals surface area contributed by atoms with Gasteiger partial charge in [-0.25, -0.2) is 27.7 Å². The summed E-state index contributed by atoms with van der Waals surface area (Å²) in [6.07, 6.45) is 3.51. The maximum atomic E-state index is 14.1. The molecule has 3 aromatic heterocycles. The minimum atomic E-state index is -2.64. The highest BCUT2D eigenvalue weighted by Gasteiger charge is 2.31. The number of carbonyl (C=O) groups excluding carboxylic acids is 1. The maximum absolute atomic E-state index is 14.1. The second-order valence-electron chi connectivity index (χ2n) is 7.68. The van der Waals surface area contributed by atoms with E-state index in [1.165, 1.54) is 21.8 Å². The highest BCUT2D eigenvalue weighted by atomic mass is 19.3. The van der Waals surface area contributed by atoms with Crippen LogP contribution < -0.4 is 10.3 Å². The molecule has 5 heterocycles. The quantitative estimate of drug-likeness (QED) is 0.671. The van der Waals surface area contributed by atoms with Crippen molar-refractivity contribution in [2.24, 2.45) is 0 Å². The van der Waals surface area contributed by atoms with Crippen molar-refractivity contribution in [1.29, 1.82) is 0 Å². The molecule has 0 saturated carbocycles. The molecular weight excluding hydrogens is 411 g/mol. The summed E-state index contributed by atoms with van der Waals surface area (Å²) in [5.74, 6) is -0.373. The van der Waals surface area contributed by atoms with Crippen LogP contribution in [0.2, 0.25) is 0 Å². The van der Waals surface area contributed by atoms with Gasteiger partial charge in [-0.05, 0) is 30.5 Å². The molecule has 5 rings (SSSR count). The fourth-order valence-electron chi connectivity index (χ4n) is 4.33. The lowest BCUT2D eigenvalue weighted by atomic mass is 10.0.